The number of nitrogens with one attached hydrogen (secondary N) is 1. The average Bonchev–Trinajstić information content (AvgIpc) is 3.05. The summed E-state index contributed by atoms with van der Waals surface area (Å²) in [6.45, 7) is 5.37. The molecule has 0 fully saturated rings. The van der Waals surface area contributed by atoms with E-state index >= 15 is 0 Å². The van der Waals surface area contributed by atoms with Crippen LogP contribution in [-0.4, -0.2) is 39.1 Å². The maximum atomic E-state index is 5.35. The van der Waals surface area contributed by atoms with Gasteiger partial charge in [0.15, 0.2) is 0 Å². The van der Waals surface area contributed by atoms with Crippen LogP contribution < -0.4 is 5.32 Å². The fourth-order valence-corrected chi connectivity index (χ4v) is 2.06. The number of ether oxygens (including phenoxy) is 1. The molecule has 2 heterocycles. The van der Waals surface area contributed by atoms with Gasteiger partial charge in [-0.15, -0.1) is 0 Å². The summed E-state index contributed by atoms with van der Waals surface area (Å²) >= 11 is 0. The number of aryl methyl sites for hydroxylation is 2. The Labute approximate surface area is 119 Å². The van der Waals surface area contributed by atoms with Crippen LogP contribution in [0.3, 0.4) is 0 Å². The van der Waals surface area contributed by atoms with Crippen LogP contribution in [-0.2, 0) is 24.8 Å². The molecule has 110 valence electrons. The van der Waals surface area contributed by atoms with Crippen LogP contribution in [0.2, 0.25) is 0 Å². The molecule has 0 radical (unpaired) electrons. The molecule has 0 atom stereocenters. The summed E-state index contributed by atoms with van der Waals surface area (Å²) in [5.41, 5.74) is 1.23. The largest absolute Gasteiger partial charge is 0.382 e. The summed E-state index contributed by atoms with van der Waals surface area (Å²) in [6.07, 6.45) is 9.71. The summed E-state index contributed by atoms with van der Waals surface area (Å²) in [7, 11) is 1.93. The highest BCUT2D eigenvalue weighted by molar-refractivity contribution is 5.26. The number of aromatic nitrogens is 4. The van der Waals surface area contributed by atoms with E-state index in [2.05, 4.69) is 20.0 Å². The van der Waals surface area contributed by atoms with E-state index in [9.17, 15) is 0 Å². The van der Waals surface area contributed by atoms with Crippen LogP contribution in [0.1, 0.15) is 18.9 Å². The fraction of sp³-hybridized carbons (Fsp3) is 0.571. The second kappa shape index (κ2) is 7.69. The minimum atomic E-state index is 0.778. The number of rotatable bonds is 9. The van der Waals surface area contributed by atoms with Gasteiger partial charge in [0, 0.05) is 51.9 Å². The smallest absolute Gasteiger partial charge is 0.202 e. The average molecular weight is 277 g/mol. The molecule has 0 amide bonds. The molecule has 0 bridgehead atoms. The molecule has 0 unspecified atom stereocenters. The Morgan fingerprint density at radius 2 is 2.30 bits per heavy atom. The Bertz CT molecular complexity index is 505. The van der Waals surface area contributed by atoms with E-state index in [4.69, 9.17) is 4.74 Å². The summed E-state index contributed by atoms with van der Waals surface area (Å²) in [5, 5.41) is 7.53. The molecule has 0 spiro atoms. The monoisotopic (exact) mass is 277 g/mol. The van der Waals surface area contributed by atoms with Gasteiger partial charge in [-0.1, -0.05) is 0 Å². The molecule has 0 aliphatic carbocycles. The third-order valence-corrected chi connectivity index (χ3v) is 3.06. The zero-order chi connectivity index (χ0) is 14.2. The van der Waals surface area contributed by atoms with Crippen molar-refractivity contribution in [2.75, 3.05) is 25.1 Å². The highest BCUT2D eigenvalue weighted by atomic mass is 16.5. The molecule has 2 aromatic rings. The fourth-order valence-electron chi connectivity index (χ4n) is 2.06. The van der Waals surface area contributed by atoms with Crippen molar-refractivity contribution >= 4 is 5.95 Å². The van der Waals surface area contributed by atoms with Crippen LogP contribution in [0.25, 0.3) is 0 Å². The summed E-state index contributed by atoms with van der Waals surface area (Å²) in [5.74, 6) is 0.922. The molecule has 0 saturated heterocycles. The topological polar surface area (TPSA) is 56.9 Å². The van der Waals surface area contributed by atoms with Gasteiger partial charge < -0.3 is 14.6 Å². The van der Waals surface area contributed by atoms with E-state index in [1.54, 1.807) is 0 Å². The Kier molecular flexibility index (Phi) is 5.61. The third-order valence-electron chi connectivity index (χ3n) is 3.06. The molecule has 0 saturated carbocycles. The zero-order valence-corrected chi connectivity index (χ0v) is 12.2. The Morgan fingerprint density at radius 1 is 1.40 bits per heavy atom. The normalized spacial score (nSPS) is 10.9. The van der Waals surface area contributed by atoms with Crippen LogP contribution in [0.4, 0.5) is 5.95 Å². The van der Waals surface area contributed by atoms with Crippen molar-refractivity contribution in [1.29, 1.82) is 0 Å². The predicted molar refractivity (Wildman–Crippen MR) is 78.7 cm³/mol. The standard InChI is InChI=1S/C14H23N5O/c1-3-20-10-4-8-19-9-7-16-14(19)15-6-5-13-11-17-18(2)12-13/h7,9,11-12H,3-6,8,10H2,1-2H3,(H,15,16). The molecule has 20 heavy (non-hydrogen) atoms. The minimum Gasteiger partial charge on any atom is -0.382 e. The van der Waals surface area contributed by atoms with E-state index in [1.165, 1.54) is 5.56 Å². The highest BCUT2D eigenvalue weighted by Gasteiger charge is 2.02. The van der Waals surface area contributed by atoms with E-state index in [-0.39, 0.29) is 0 Å². The maximum Gasteiger partial charge on any atom is 0.202 e. The molecule has 0 aromatic carbocycles. The Balaban J connectivity index is 1.74. The first-order valence-corrected chi connectivity index (χ1v) is 7.10. The number of imidazole rings is 1. The first-order chi connectivity index (χ1) is 9.79. The van der Waals surface area contributed by atoms with Gasteiger partial charge in [0.25, 0.3) is 0 Å². The zero-order valence-electron chi connectivity index (χ0n) is 12.2. The van der Waals surface area contributed by atoms with Gasteiger partial charge in [0.05, 0.1) is 6.20 Å². The van der Waals surface area contributed by atoms with Crippen LogP contribution >= 0.6 is 0 Å². The molecule has 0 aliphatic rings. The van der Waals surface area contributed by atoms with Gasteiger partial charge in [0.2, 0.25) is 5.95 Å². The van der Waals surface area contributed by atoms with Crippen molar-refractivity contribution in [2.45, 2.75) is 26.3 Å². The van der Waals surface area contributed by atoms with Gasteiger partial charge in [-0.05, 0) is 25.3 Å². The molecule has 6 heteroatoms. The molecule has 2 rings (SSSR count). The van der Waals surface area contributed by atoms with Gasteiger partial charge >= 0.3 is 0 Å². The number of hydrogen-bond acceptors (Lipinski definition) is 4. The SMILES string of the molecule is CCOCCCn1ccnc1NCCc1cnn(C)c1. The summed E-state index contributed by atoms with van der Waals surface area (Å²) in [4.78, 5) is 4.34. The van der Waals surface area contributed by atoms with Crippen molar-refractivity contribution in [3.8, 4) is 0 Å². The quantitative estimate of drug-likeness (QED) is 0.709. The molecule has 6 nitrogen and oxygen atoms in total. The minimum absolute atomic E-state index is 0.778. The lowest BCUT2D eigenvalue weighted by Gasteiger charge is -2.09. The molecule has 0 aliphatic heterocycles. The van der Waals surface area contributed by atoms with E-state index < -0.39 is 0 Å². The van der Waals surface area contributed by atoms with Crippen LogP contribution in [0.15, 0.2) is 24.8 Å². The second-order valence-electron chi connectivity index (χ2n) is 4.69. The lowest BCUT2D eigenvalue weighted by Crippen LogP contribution is -2.11. The third kappa shape index (κ3) is 4.38. The lowest BCUT2D eigenvalue weighted by atomic mass is 10.2. The van der Waals surface area contributed by atoms with Crippen molar-refractivity contribution in [1.82, 2.24) is 19.3 Å². The van der Waals surface area contributed by atoms with Crippen LogP contribution in [0.5, 0.6) is 0 Å². The molecule has 2 aromatic heterocycles. The second-order valence-corrected chi connectivity index (χ2v) is 4.69. The highest BCUT2D eigenvalue weighted by Crippen LogP contribution is 2.06. The van der Waals surface area contributed by atoms with E-state index in [0.717, 1.165) is 45.1 Å². The van der Waals surface area contributed by atoms with Crippen molar-refractivity contribution < 1.29 is 4.74 Å². The Morgan fingerprint density at radius 3 is 3.05 bits per heavy atom. The number of anilines is 1. The number of nitrogens with zero attached hydrogens (tertiary/aromatic N) is 4. The van der Waals surface area contributed by atoms with Gasteiger partial charge in [0.1, 0.15) is 0 Å². The van der Waals surface area contributed by atoms with Gasteiger partial charge in [-0.2, -0.15) is 5.10 Å². The first-order valence-electron chi connectivity index (χ1n) is 7.10. The van der Waals surface area contributed by atoms with Gasteiger partial charge in [-0.3, -0.25) is 4.68 Å². The summed E-state index contributed by atoms with van der Waals surface area (Å²) < 4.78 is 9.30. The van der Waals surface area contributed by atoms with E-state index in [0.29, 0.717) is 0 Å². The predicted octanol–water partition coefficient (Wildman–Crippen LogP) is 1.70. The summed E-state index contributed by atoms with van der Waals surface area (Å²) in [6, 6.07) is 0. The number of hydrogen-bond donors (Lipinski definition) is 1. The first kappa shape index (κ1) is 14.6. The molecule has 1 N–H and O–H groups in total. The van der Waals surface area contributed by atoms with Crippen molar-refractivity contribution in [2.24, 2.45) is 7.05 Å². The van der Waals surface area contributed by atoms with Crippen molar-refractivity contribution in [3.05, 3.63) is 30.4 Å². The van der Waals surface area contributed by atoms with Crippen molar-refractivity contribution in [3.63, 3.8) is 0 Å². The molecular formula is C14H23N5O. The lowest BCUT2D eigenvalue weighted by molar-refractivity contribution is 0.142. The maximum absolute atomic E-state index is 5.35. The molecular weight excluding hydrogens is 254 g/mol. The Hall–Kier alpha value is -1.82. The van der Waals surface area contributed by atoms with Gasteiger partial charge in [-0.25, -0.2) is 4.98 Å². The van der Waals surface area contributed by atoms with E-state index in [1.807, 2.05) is 43.4 Å². The van der Waals surface area contributed by atoms with Crippen LogP contribution in [0, 0.1) is 0 Å².